The molecule has 0 aliphatic carbocycles. The minimum atomic E-state index is -3.45. The number of nitrogens with one attached hydrogen (secondary N) is 1. The van der Waals surface area contributed by atoms with Crippen molar-refractivity contribution in [1.82, 2.24) is 5.43 Å². The van der Waals surface area contributed by atoms with Crippen LogP contribution >= 0.6 is 11.8 Å². The van der Waals surface area contributed by atoms with Gasteiger partial charge in [-0.25, -0.2) is 13.8 Å². The van der Waals surface area contributed by atoms with Crippen LogP contribution in [0, 0.1) is 0 Å². The lowest BCUT2D eigenvalue weighted by Gasteiger charge is -2.22. The quantitative estimate of drug-likeness (QED) is 0.316. The first-order valence-electron chi connectivity index (χ1n) is 9.46. The maximum Gasteiger partial charge on any atom is 0.271 e. The van der Waals surface area contributed by atoms with Crippen LogP contribution in [0.2, 0.25) is 0 Å². The number of hydrogen-bond acceptors (Lipinski definition) is 5. The van der Waals surface area contributed by atoms with Crippen molar-refractivity contribution >= 4 is 39.6 Å². The van der Waals surface area contributed by atoms with Gasteiger partial charge >= 0.3 is 0 Å². The number of carbonyl (C=O) groups excluding carboxylic acids is 1. The summed E-state index contributed by atoms with van der Waals surface area (Å²) in [6.07, 6.45) is 4.77. The molecule has 0 radical (unpaired) electrons. The minimum absolute atomic E-state index is 0.176. The molecule has 31 heavy (non-hydrogen) atoms. The van der Waals surface area contributed by atoms with Crippen LogP contribution in [0.15, 0.2) is 88.9 Å². The fourth-order valence-electron chi connectivity index (χ4n) is 2.84. The molecule has 3 aromatic carbocycles. The monoisotopic (exact) mass is 453 g/mol. The van der Waals surface area contributed by atoms with Gasteiger partial charge in [-0.05, 0) is 53.8 Å². The summed E-state index contributed by atoms with van der Waals surface area (Å²) in [5.41, 5.74) is 5.18. The van der Waals surface area contributed by atoms with Crippen molar-refractivity contribution in [3.63, 3.8) is 0 Å². The highest BCUT2D eigenvalue weighted by Gasteiger charge is 2.17. The Morgan fingerprint density at radius 3 is 2.23 bits per heavy atom. The Labute approximate surface area is 187 Å². The molecule has 0 heterocycles. The van der Waals surface area contributed by atoms with Gasteiger partial charge in [0.1, 0.15) is 0 Å². The molecule has 160 valence electrons. The Bertz CT molecular complexity index is 1140. The Morgan fingerprint density at radius 2 is 1.65 bits per heavy atom. The van der Waals surface area contributed by atoms with Crippen molar-refractivity contribution in [3.8, 4) is 0 Å². The van der Waals surface area contributed by atoms with Crippen LogP contribution in [0.3, 0.4) is 0 Å². The first-order chi connectivity index (χ1) is 14.9. The van der Waals surface area contributed by atoms with Gasteiger partial charge in [-0.3, -0.25) is 9.10 Å². The lowest BCUT2D eigenvalue weighted by molar-refractivity contribution is 0.0955. The standard InChI is InChI=1S/C23H23N3O3S2/c1-30-22-14-10-18(11-15-22)16-24-25-23(27)20-12-8-19(9-13-20)17-26(31(2,28)29)21-6-4-3-5-7-21/h3-16H,17H2,1-2H3,(H,25,27)/b24-16-. The third kappa shape index (κ3) is 6.44. The molecule has 0 fully saturated rings. The highest BCUT2D eigenvalue weighted by Crippen LogP contribution is 2.20. The highest BCUT2D eigenvalue weighted by molar-refractivity contribution is 7.98. The molecule has 6 nitrogen and oxygen atoms in total. The predicted octanol–water partition coefficient (Wildman–Crippen LogP) is 4.14. The molecular formula is C23H23N3O3S2. The smallest absolute Gasteiger partial charge is 0.267 e. The molecule has 8 heteroatoms. The molecule has 0 saturated carbocycles. The molecular weight excluding hydrogens is 430 g/mol. The largest absolute Gasteiger partial charge is 0.271 e. The zero-order valence-corrected chi connectivity index (χ0v) is 18.9. The van der Waals surface area contributed by atoms with Gasteiger partial charge < -0.3 is 0 Å². The van der Waals surface area contributed by atoms with Gasteiger partial charge in [0.05, 0.1) is 24.7 Å². The van der Waals surface area contributed by atoms with Gasteiger partial charge in [-0.2, -0.15) is 5.10 Å². The number of hydrogen-bond donors (Lipinski definition) is 1. The van der Waals surface area contributed by atoms with E-state index in [1.807, 2.05) is 36.6 Å². The van der Waals surface area contributed by atoms with E-state index in [2.05, 4.69) is 10.5 Å². The van der Waals surface area contributed by atoms with Crippen molar-refractivity contribution in [2.24, 2.45) is 5.10 Å². The summed E-state index contributed by atoms with van der Waals surface area (Å²) in [6.45, 7) is 0.176. The Balaban J connectivity index is 1.64. The molecule has 0 atom stereocenters. The average Bonchev–Trinajstić information content (AvgIpc) is 2.78. The number of carbonyl (C=O) groups is 1. The first-order valence-corrected chi connectivity index (χ1v) is 12.5. The number of sulfonamides is 1. The Morgan fingerprint density at radius 1 is 1.00 bits per heavy atom. The van der Waals surface area contributed by atoms with Crippen molar-refractivity contribution in [2.75, 3.05) is 16.8 Å². The molecule has 0 aliphatic rings. The summed E-state index contributed by atoms with van der Waals surface area (Å²) in [4.78, 5) is 13.5. The molecule has 3 rings (SSSR count). The van der Waals surface area contributed by atoms with Crippen molar-refractivity contribution in [1.29, 1.82) is 0 Å². The van der Waals surface area contributed by atoms with Gasteiger partial charge in [0.25, 0.3) is 5.91 Å². The topological polar surface area (TPSA) is 78.8 Å². The maximum absolute atomic E-state index is 12.3. The van der Waals surface area contributed by atoms with Crippen molar-refractivity contribution < 1.29 is 13.2 Å². The predicted molar refractivity (Wildman–Crippen MR) is 127 cm³/mol. The number of benzene rings is 3. The number of hydrazone groups is 1. The van der Waals surface area contributed by atoms with E-state index >= 15 is 0 Å². The van der Waals surface area contributed by atoms with E-state index in [9.17, 15) is 13.2 Å². The van der Waals surface area contributed by atoms with E-state index in [0.717, 1.165) is 16.0 Å². The SMILES string of the molecule is CSc1ccc(/C=N\NC(=O)c2ccc(CN(c3ccccc3)S(C)(=O)=O)cc2)cc1. The van der Waals surface area contributed by atoms with E-state index < -0.39 is 10.0 Å². The number of thioether (sulfide) groups is 1. The van der Waals surface area contributed by atoms with Crippen LogP contribution in [0.25, 0.3) is 0 Å². The number of amides is 1. The van der Waals surface area contributed by atoms with E-state index in [1.165, 1.54) is 10.6 Å². The summed E-state index contributed by atoms with van der Waals surface area (Å²) in [5, 5.41) is 4.00. The minimum Gasteiger partial charge on any atom is -0.267 e. The summed E-state index contributed by atoms with van der Waals surface area (Å²) in [6, 6.07) is 23.5. The van der Waals surface area contributed by atoms with Crippen LogP contribution in [0.4, 0.5) is 5.69 Å². The second-order valence-corrected chi connectivity index (χ2v) is 9.56. The van der Waals surface area contributed by atoms with Crippen LogP contribution in [0.1, 0.15) is 21.5 Å². The van der Waals surface area contributed by atoms with E-state index in [4.69, 9.17) is 0 Å². The number of rotatable bonds is 8. The average molecular weight is 454 g/mol. The fraction of sp³-hybridized carbons (Fsp3) is 0.130. The molecule has 1 amide bonds. The van der Waals surface area contributed by atoms with E-state index in [0.29, 0.717) is 11.3 Å². The third-order valence-electron chi connectivity index (χ3n) is 4.48. The van der Waals surface area contributed by atoms with Gasteiger partial charge in [-0.1, -0.05) is 42.5 Å². The maximum atomic E-state index is 12.3. The summed E-state index contributed by atoms with van der Waals surface area (Å²) in [5.74, 6) is -0.341. The normalized spacial score (nSPS) is 11.4. The molecule has 0 unspecified atom stereocenters. The third-order valence-corrected chi connectivity index (χ3v) is 6.37. The molecule has 0 spiro atoms. The van der Waals surface area contributed by atoms with Crippen molar-refractivity contribution in [3.05, 3.63) is 95.6 Å². The molecule has 0 aliphatic heterocycles. The zero-order valence-electron chi connectivity index (χ0n) is 17.2. The number of nitrogens with zero attached hydrogens (tertiary/aromatic N) is 2. The second kappa shape index (κ2) is 10.3. The lowest BCUT2D eigenvalue weighted by Crippen LogP contribution is -2.29. The second-order valence-electron chi connectivity index (χ2n) is 6.77. The fourth-order valence-corrected chi connectivity index (χ4v) is 4.14. The van der Waals surface area contributed by atoms with Crippen molar-refractivity contribution in [2.45, 2.75) is 11.4 Å². The zero-order chi connectivity index (χ0) is 22.3. The van der Waals surface area contributed by atoms with Crippen LogP contribution in [-0.2, 0) is 16.6 Å². The summed E-state index contributed by atoms with van der Waals surface area (Å²) in [7, 11) is -3.45. The van der Waals surface area contributed by atoms with Gasteiger partial charge in [0, 0.05) is 10.5 Å². The Kier molecular flexibility index (Phi) is 7.49. The molecule has 0 saturated heterocycles. The van der Waals surface area contributed by atoms with E-state index in [1.54, 1.807) is 66.5 Å². The number of anilines is 1. The summed E-state index contributed by atoms with van der Waals surface area (Å²) < 4.78 is 25.8. The van der Waals surface area contributed by atoms with Gasteiger partial charge in [0.15, 0.2) is 0 Å². The summed E-state index contributed by atoms with van der Waals surface area (Å²) >= 11 is 1.66. The van der Waals surface area contributed by atoms with Crippen LogP contribution in [-0.4, -0.2) is 33.1 Å². The van der Waals surface area contributed by atoms with Gasteiger partial charge in [0.2, 0.25) is 10.0 Å². The lowest BCUT2D eigenvalue weighted by atomic mass is 10.1. The molecule has 1 N–H and O–H groups in total. The van der Waals surface area contributed by atoms with Gasteiger partial charge in [-0.15, -0.1) is 11.8 Å². The highest BCUT2D eigenvalue weighted by atomic mass is 32.2. The van der Waals surface area contributed by atoms with Crippen LogP contribution < -0.4 is 9.73 Å². The first kappa shape index (κ1) is 22.6. The Hall–Kier alpha value is -3.10. The molecule has 3 aromatic rings. The van der Waals surface area contributed by atoms with E-state index in [-0.39, 0.29) is 12.5 Å². The van der Waals surface area contributed by atoms with Crippen LogP contribution in [0.5, 0.6) is 0 Å². The molecule has 0 aromatic heterocycles. The molecule has 0 bridgehead atoms. The number of para-hydroxylation sites is 1.